The van der Waals surface area contributed by atoms with Crippen LogP contribution in [-0.4, -0.2) is 80.9 Å². The summed E-state index contributed by atoms with van der Waals surface area (Å²) in [7, 11) is 0. The van der Waals surface area contributed by atoms with E-state index in [9.17, 15) is 0 Å². The highest BCUT2D eigenvalue weighted by atomic mass is 15.2. The fourth-order valence-corrected chi connectivity index (χ4v) is 7.88. The lowest BCUT2D eigenvalue weighted by molar-refractivity contribution is 0.668. The summed E-state index contributed by atoms with van der Waals surface area (Å²) in [6.45, 7) is 23.1. The van der Waals surface area contributed by atoms with E-state index in [1.165, 1.54) is 49.0 Å². The van der Waals surface area contributed by atoms with E-state index in [1.807, 2.05) is 69.4 Å². The summed E-state index contributed by atoms with van der Waals surface area (Å²) in [5.41, 5.74) is 13.2. The van der Waals surface area contributed by atoms with Crippen molar-refractivity contribution in [2.45, 2.75) is 126 Å². The van der Waals surface area contributed by atoms with E-state index in [0.29, 0.717) is 23.7 Å². The average Bonchev–Trinajstić information content (AvgIpc) is 4.18. The highest BCUT2D eigenvalue weighted by molar-refractivity contribution is 5.91. The zero-order valence-corrected chi connectivity index (χ0v) is 40.5. The van der Waals surface area contributed by atoms with Crippen LogP contribution < -0.4 is 5.32 Å². The fraction of sp³-hybridized carbons (Fsp3) is 0.380. The van der Waals surface area contributed by atoms with Crippen molar-refractivity contribution in [1.82, 2.24) is 80.9 Å². The SMILES string of the molecule is CC(C)c1[nH]nc2ccncc12.CC(C)c1[nH]nc2ncccc12.CC(C)c1[nH]nc2ncncc12.CC(C)c1n[nH]c2c1CCCC2.Cc1nc(C)c(C)c(Nc2n[nH]c3ccccc23)n1.[2HH]. The second-order valence-electron chi connectivity index (χ2n) is 17.9. The molecule has 0 spiro atoms. The Morgan fingerprint density at radius 2 is 1.21 bits per heavy atom. The van der Waals surface area contributed by atoms with Gasteiger partial charge >= 0.3 is 0 Å². The maximum absolute atomic E-state index is 4.44. The van der Waals surface area contributed by atoms with Gasteiger partial charge in [0.25, 0.3) is 0 Å². The number of fused-ring (bicyclic) bond motifs is 5. The van der Waals surface area contributed by atoms with E-state index < -0.39 is 0 Å². The molecule has 17 heteroatoms. The maximum Gasteiger partial charge on any atom is 0.184 e. The number of rotatable bonds is 6. The minimum absolute atomic E-state index is 0. The van der Waals surface area contributed by atoms with E-state index in [0.717, 1.165) is 89.7 Å². The van der Waals surface area contributed by atoms with Crippen molar-refractivity contribution in [2.75, 3.05) is 5.32 Å². The Morgan fingerprint density at radius 3 is 1.96 bits per heavy atom. The van der Waals surface area contributed by atoms with Crippen molar-refractivity contribution in [3.63, 3.8) is 0 Å². The van der Waals surface area contributed by atoms with Crippen LogP contribution in [0.25, 0.3) is 43.9 Å². The molecule has 0 amide bonds. The van der Waals surface area contributed by atoms with Crippen molar-refractivity contribution in [2.24, 2.45) is 0 Å². The number of aromatic amines is 5. The first kappa shape index (κ1) is 47.5. The van der Waals surface area contributed by atoms with Crippen molar-refractivity contribution < 1.29 is 1.43 Å². The van der Waals surface area contributed by atoms with Gasteiger partial charge in [-0.05, 0) is 106 Å². The summed E-state index contributed by atoms with van der Waals surface area (Å²) >= 11 is 0. The van der Waals surface area contributed by atoms with Crippen LogP contribution in [0.5, 0.6) is 0 Å². The number of hydrogen-bond acceptors (Lipinski definition) is 12. The minimum atomic E-state index is 0. The first-order chi connectivity index (χ1) is 32.3. The summed E-state index contributed by atoms with van der Waals surface area (Å²) in [5.74, 6) is 4.30. The second kappa shape index (κ2) is 21.7. The third kappa shape index (κ3) is 11.3. The number of benzene rings is 1. The minimum Gasteiger partial charge on any atom is -0.323 e. The van der Waals surface area contributed by atoms with Gasteiger partial charge in [-0.3, -0.25) is 30.5 Å². The highest BCUT2D eigenvalue weighted by Gasteiger charge is 2.18. The van der Waals surface area contributed by atoms with Gasteiger partial charge < -0.3 is 5.32 Å². The van der Waals surface area contributed by atoms with Crippen LogP contribution >= 0.6 is 0 Å². The van der Waals surface area contributed by atoms with Crippen LogP contribution in [0.4, 0.5) is 11.6 Å². The number of anilines is 2. The van der Waals surface area contributed by atoms with E-state index in [-0.39, 0.29) is 1.43 Å². The summed E-state index contributed by atoms with van der Waals surface area (Å²) in [6, 6.07) is 13.9. The van der Waals surface area contributed by atoms with Crippen molar-refractivity contribution in [3.8, 4) is 0 Å². The molecule has 6 N–H and O–H groups in total. The third-order valence-corrected chi connectivity index (χ3v) is 11.6. The number of pyridine rings is 2. The smallest absolute Gasteiger partial charge is 0.184 e. The van der Waals surface area contributed by atoms with Crippen LogP contribution in [0, 0.1) is 20.8 Å². The van der Waals surface area contributed by atoms with Gasteiger partial charge in [0.15, 0.2) is 17.1 Å². The molecule has 0 fully saturated rings. The Labute approximate surface area is 392 Å². The Morgan fingerprint density at radius 1 is 0.552 bits per heavy atom. The molecule has 10 aromatic rings. The second-order valence-corrected chi connectivity index (χ2v) is 17.9. The Hall–Kier alpha value is -7.43. The van der Waals surface area contributed by atoms with Gasteiger partial charge in [-0.25, -0.2) is 24.9 Å². The Kier molecular flexibility index (Phi) is 15.4. The fourth-order valence-electron chi connectivity index (χ4n) is 7.88. The zero-order valence-electron chi connectivity index (χ0n) is 40.5. The molecule has 11 rings (SSSR count). The number of nitrogens with one attached hydrogen (secondary N) is 6. The van der Waals surface area contributed by atoms with E-state index in [4.69, 9.17) is 0 Å². The summed E-state index contributed by atoms with van der Waals surface area (Å²) in [6.07, 6.45) is 13.8. The lowest BCUT2D eigenvalue weighted by atomic mass is 9.93. The Bertz CT molecular complexity index is 2970. The number of para-hydroxylation sites is 1. The number of nitrogens with zero attached hydrogens (tertiary/aromatic N) is 11. The lowest BCUT2D eigenvalue weighted by Gasteiger charge is -2.12. The van der Waals surface area contributed by atoms with Crippen LogP contribution in [0.1, 0.15) is 144 Å². The van der Waals surface area contributed by atoms with Gasteiger partial charge in [-0.15, -0.1) is 0 Å². The Balaban J connectivity index is 0.000000142. The first-order valence-corrected chi connectivity index (χ1v) is 23.1. The molecule has 1 aliphatic rings. The molecule has 0 saturated heterocycles. The van der Waals surface area contributed by atoms with E-state index in [2.05, 4.69) is 142 Å². The van der Waals surface area contributed by atoms with Gasteiger partial charge in [-0.2, -0.15) is 25.5 Å². The third-order valence-electron chi connectivity index (χ3n) is 11.6. The molecule has 17 nitrogen and oxygen atoms in total. The van der Waals surface area contributed by atoms with E-state index in [1.54, 1.807) is 18.6 Å². The summed E-state index contributed by atoms with van der Waals surface area (Å²) in [5, 5.41) is 43.8. The average molecular weight is 905 g/mol. The summed E-state index contributed by atoms with van der Waals surface area (Å²) < 4.78 is 0. The standard InChI is InChI=1S/C14H15N5.C10H16N2.2C9H11N3.C8H10N4.H2/c1-8-9(2)15-10(3)16-13(8)17-14-11-6-4-5-7-12(11)18-19-14;1-7(2)10-8-5-3-4-6-9(8)11-12-10;1-6(2)9-7-5-10-4-3-8(7)11-12-9;1-6(2)8-7-4-3-5-10-9(7)12-11-8;1-5(2)7-6-3-9-4-10-8(6)12-11-7;/h4-7H,1-3H3,(H2,15,16,17,18,19);7H,3-6H2,1-2H3,(H,11,12);3-6H,1-2H3,(H,11,12);3-6H,1-2H3,(H,10,11,12);3-5H,1-2H3,(H,9,10,11,12);1H/i;;;;;1+1. The molecule has 9 heterocycles. The normalized spacial score (nSPS) is 12.1. The van der Waals surface area contributed by atoms with Crippen LogP contribution in [0.15, 0.2) is 73.6 Å². The molecule has 0 radical (unpaired) electrons. The van der Waals surface area contributed by atoms with Crippen LogP contribution in [-0.2, 0) is 12.8 Å². The number of aromatic nitrogens is 16. The molecule has 350 valence electrons. The molecule has 67 heavy (non-hydrogen) atoms. The monoisotopic (exact) mass is 905 g/mol. The zero-order chi connectivity index (χ0) is 47.6. The van der Waals surface area contributed by atoms with Crippen LogP contribution in [0.3, 0.4) is 0 Å². The largest absolute Gasteiger partial charge is 0.323 e. The quantitative estimate of drug-likeness (QED) is 0.0915. The van der Waals surface area contributed by atoms with Gasteiger partial charge in [0.1, 0.15) is 18.0 Å². The predicted molar refractivity (Wildman–Crippen MR) is 269 cm³/mol. The lowest BCUT2D eigenvalue weighted by Crippen LogP contribution is -2.03. The molecule has 0 unspecified atom stereocenters. The van der Waals surface area contributed by atoms with Crippen LogP contribution in [0.2, 0.25) is 0 Å². The van der Waals surface area contributed by atoms with Crippen molar-refractivity contribution in [3.05, 3.63) is 125 Å². The molecule has 1 aromatic carbocycles. The molecule has 0 aliphatic heterocycles. The number of H-pyrrole nitrogens is 5. The molecule has 9 aromatic heterocycles. The van der Waals surface area contributed by atoms with Gasteiger partial charge in [0.05, 0.1) is 22.1 Å². The molecule has 0 atom stereocenters. The topological polar surface area (TPSA) is 233 Å². The molecule has 0 bridgehead atoms. The molecular formula is C50H65N17. The van der Waals surface area contributed by atoms with Gasteiger partial charge in [-0.1, -0.05) is 67.5 Å². The van der Waals surface area contributed by atoms with E-state index >= 15 is 0 Å². The molecular weight excluding hydrogens is 839 g/mol. The molecule has 1 aliphatic carbocycles. The molecule has 0 saturated carbocycles. The van der Waals surface area contributed by atoms with Crippen molar-refractivity contribution >= 4 is 55.5 Å². The number of hydrogen-bond donors (Lipinski definition) is 6. The van der Waals surface area contributed by atoms with Crippen molar-refractivity contribution in [1.29, 1.82) is 0 Å². The predicted octanol–water partition coefficient (Wildman–Crippen LogP) is 11.3. The summed E-state index contributed by atoms with van der Waals surface area (Å²) in [4.78, 5) is 25.0. The highest BCUT2D eigenvalue weighted by Crippen LogP contribution is 2.28. The van der Waals surface area contributed by atoms with Gasteiger partial charge in [0.2, 0.25) is 0 Å². The number of aryl methyl sites for hydroxylation is 3. The van der Waals surface area contributed by atoms with Gasteiger partial charge in [0, 0.05) is 76.4 Å². The maximum atomic E-state index is 4.44. The first-order valence-electron chi connectivity index (χ1n) is 23.1.